The van der Waals surface area contributed by atoms with Crippen LogP contribution in [0.2, 0.25) is 0 Å². The number of aryl methyl sites for hydroxylation is 2. The van der Waals surface area contributed by atoms with E-state index in [-0.39, 0.29) is 19.1 Å². The van der Waals surface area contributed by atoms with Crippen LogP contribution in [0.5, 0.6) is 0 Å². The molecule has 23 heavy (non-hydrogen) atoms. The smallest absolute Gasteiger partial charge is 0.257 e. The lowest BCUT2D eigenvalue weighted by Crippen LogP contribution is -2.24. The van der Waals surface area contributed by atoms with E-state index in [0.717, 1.165) is 16.8 Å². The maximum absolute atomic E-state index is 12.5. The van der Waals surface area contributed by atoms with Crippen LogP contribution in [0.3, 0.4) is 0 Å². The van der Waals surface area contributed by atoms with E-state index < -0.39 is 6.10 Å². The van der Waals surface area contributed by atoms with Crippen molar-refractivity contribution in [2.45, 2.75) is 20.0 Å². The highest BCUT2D eigenvalue weighted by Gasteiger charge is 2.13. The third-order valence-corrected chi connectivity index (χ3v) is 3.54. The molecule has 1 amide bonds. The lowest BCUT2D eigenvalue weighted by atomic mass is 10.1. The van der Waals surface area contributed by atoms with Gasteiger partial charge in [0.05, 0.1) is 18.3 Å². The lowest BCUT2D eigenvalue weighted by Gasteiger charge is -2.15. The Bertz CT molecular complexity index is 686. The van der Waals surface area contributed by atoms with Crippen molar-refractivity contribution < 1.29 is 15.0 Å². The predicted molar refractivity (Wildman–Crippen MR) is 91.9 cm³/mol. The minimum atomic E-state index is -0.870. The van der Waals surface area contributed by atoms with Gasteiger partial charge in [0, 0.05) is 17.9 Å². The summed E-state index contributed by atoms with van der Waals surface area (Å²) in [4.78, 5) is 12.5. The normalized spacial score (nSPS) is 11.8. The van der Waals surface area contributed by atoms with Crippen LogP contribution in [-0.4, -0.2) is 35.4 Å². The number of hydrogen-bond donors (Lipinski definition) is 4. The van der Waals surface area contributed by atoms with E-state index in [4.69, 9.17) is 5.11 Å². The molecule has 122 valence electrons. The molecule has 0 aliphatic carbocycles. The molecule has 0 saturated heterocycles. The molecule has 0 aromatic heterocycles. The second kappa shape index (κ2) is 7.76. The molecule has 5 nitrogen and oxygen atoms in total. The van der Waals surface area contributed by atoms with Crippen molar-refractivity contribution in [3.63, 3.8) is 0 Å². The number of carbonyl (C=O) groups is 1. The van der Waals surface area contributed by atoms with Gasteiger partial charge in [-0.3, -0.25) is 4.79 Å². The first-order valence-corrected chi connectivity index (χ1v) is 7.51. The van der Waals surface area contributed by atoms with Gasteiger partial charge in [-0.15, -0.1) is 0 Å². The summed E-state index contributed by atoms with van der Waals surface area (Å²) in [6, 6.07) is 12.9. The van der Waals surface area contributed by atoms with Gasteiger partial charge in [0.2, 0.25) is 0 Å². The Morgan fingerprint density at radius 1 is 1.13 bits per heavy atom. The van der Waals surface area contributed by atoms with Crippen molar-refractivity contribution in [1.29, 1.82) is 0 Å². The Morgan fingerprint density at radius 3 is 2.57 bits per heavy atom. The van der Waals surface area contributed by atoms with Crippen molar-refractivity contribution in [2.24, 2.45) is 0 Å². The summed E-state index contributed by atoms with van der Waals surface area (Å²) in [6.45, 7) is 3.79. The molecule has 4 N–H and O–H groups in total. The van der Waals surface area contributed by atoms with E-state index in [1.165, 1.54) is 0 Å². The zero-order chi connectivity index (χ0) is 16.8. The monoisotopic (exact) mass is 314 g/mol. The van der Waals surface area contributed by atoms with Gasteiger partial charge in [0.25, 0.3) is 5.91 Å². The number of aliphatic hydroxyl groups is 2. The highest BCUT2D eigenvalue weighted by molar-refractivity contribution is 6.08. The van der Waals surface area contributed by atoms with E-state index in [2.05, 4.69) is 10.6 Å². The van der Waals surface area contributed by atoms with Gasteiger partial charge in [-0.1, -0.05) is 29.8 Å². The van der Waals surface area contributed by atoms with Gasteiger partial charge in [-0.05, 0) is 37.6 Å². The molecule has 5 heteroatoms. The van der Waals surface area contributed by atoms with E-state index in [1.54, 1.807) is 18.2 Å². The van der Waals surface area contributed by atoms with Crippen LogP contribution < -0.4 is 10.6 Å². The molecule has 0 aliphatic heterocycles. The van der Waals surface area contributed by atoms with E-state index in [1.807, 2.05) is 38.1 Å². The SMILES string of the molecule is Cc1ccc(NC(=O)c2ccccc2NCC(O)CO)c(C)c1. The number of hydrogen-bond acceptors (Lipinski definition) is 4. The van der Waals surface area contributed by atoms with Crippen LogP contribution in [0.25, 0.3) is 0 Å². The van der Waals surface area contributed by atoms with Gasteiger partial charge < -0.3 is 20.8 Å². The number of amides is 1. The number of anilines is 2. The summed E-state index contributed by atoms with van der Waals surface area (Å²) in [7, 11) is 0. The van der Waals surface area contributed by atoms with Crippen LogP contribution >= 0.6 is 0 Å². The Labute approximate surface area is 136 Å². The standard InChI is InChI=1S/C18H22N2O3/c1-12-7-8-16(13(2)9-12)20-18(23)15-5-3-4-6-17(15)19-10-14(22)11-21/h3-9,14,19,21-22H,10-11H2,1-2H3,(H,20,23). The largest absolute Gasteiger partial charge is 0.394 e. The molecule has 1 atom stereocenters. The maximum Gasteiger partial charge on any atom is 0.257 e. The second-order valence-electron chi connectivity index (χ2n) is 5.54. The maximum atomic E-state index is 12.5. The number of para-hydroxylation sites is 1. The summed E-state index contributed by atoms with van der Waals surface area (Å²) in [5, 5.41) is 24.2. The molecule has 0 aliphatic rings. The third-order valence-electron chi connectivity index (χ3n) is 3.54. The molecule has 0 spiro atoms. The number of nitrogens with one attached hydrogen (secondary N) is 2. The predicted octanol–water partition coefficient (Wildman–Crippen LogP) is 2.32. The van der Waals surface area contributed by atoms with Gasteiger partial charge in [0.1, 0.15) is 0 Å². The summed E-state index contributed by atoms with van der Waals surface area (Å²) >= 11 is 0. The quantitative estimate of drug-likeness (QED) is 0.659. The molecular weight excluding hydrogens is 292 g/mol. The fraction of sp³-hybridized carbons (Fsp3) is 0.278. The van der Waals surface area contributed by atoms with Gasteiger partial charge in [0.15, 0.2) is 0 Å². The number of rotatable bonds is 6. The molecular formula is C18H22N2O3. The Hall–Kier alpha value is -2.37. The highest BCUT2D eigenvalue weighted by Crippen LogP contribution is 2.20. The van der Waals surface area contributed by atoms with Crippen molar-refractivity contribution in [3.8, 4) is 0 Å². The first-order chi connectivity index (χ1) is 11.0. The fourth-order valence-electron chi connectivity index (χ4n) is 2.27. The summed E-state index contributed by atoms with van der Waals surface area (Å²) < 4.78 is 0. The Balaban J connectivity index is 2.15. The zero-order valence-corrected chi connectivity index (χ0v) is 13.3. The van der Waals surface area contributed by atoms with Crippen molar-refractivity contribution in [2.75, 3.05) is 23.8 Å². The molecule has 0 saturated carbocycles. The molecule has 2 aromatic rings. The van der Waals surface area contributed by atoms with Crippen LogP contribution in [0.1, 0.15) is 21.5 Å². The minimum Gasteiger partial charge on any atom is -0.394 e. The molecule has 2 aromatic carbocycles. The number of aliphatic hydroxyl groups excluding tert-OH is 2. The second-order valence-corrected chi connectivity index (χ2v) is 5.54. The van der Waals surface area contributed by atoms with Gasteiger partial charge >= 0.3 is 0 Å². The van der Waals surface area contributed by atoms with Gasteiger partial charge in [-0.25, -0.2) is 0 Å². The topological polar surface area (TPSA) is 81.6 Å². The van der Waals surface area contributed by atoms with Crippen LogP contribution in [-0.2, 0) is 0 Å². The summed E-state index contributed by atoms with van der Waals surface area (Å²) in [6.07, 6.45) is -0.870. The Morgan fingerprint density at radius 2 is 1.87 bits per heavy atom. The first-order valence-electron chi connectivity index (χ1n) is 7.51. The molecule has 0 fully saturated rings. The average molecular weight is 314 g/mol. The average Bonchev–Trinajstić information content (AvgIpc) is 2.55. The first kappa shape index (κ1) is 17.0. The summed E-state index contributed by atoms with van der Waals surface area (Å²) in [5.74, 6) is -0.224. The van der Waals surface area contributed by atoms with E-state index in [9.17, 15) is 9.90 Å². The highest BCUT2D eigenvalue weighted by atomic mass is 16.3. The van der Waals surface area contributed by atoms with Crippen molar-refractivity contribution in [3.05, 3.63) is 59.2 Å². The molecule has 1 unspecified atom stereocenters. The lowest BCUT2D eigenvalue weighted by molar-refractivity contribution is 0.102. The van der Waals surface area contributed by atoms with Crippen molar-refractivity contribution >= 4 is 17.3 Å². The summed E-state index contributed by atoms with van der Waals surface area (Å²) in [5.41, 5.74) is 4.01. The molecule has 0 heterocycles. The molecule has 0 bridgehead atoms. The molecule has 0 radical (unpaired) electrons. The number of benzene rings is 2. The number of carbonyl (C=O) groups excluding carboxylic acids is 1. The zero-order valence-electron chi connectivity index (χ0n) is 13.3. The third kappa shape index (κ3) is 4.55. The van der Waals surface area contributed by atoms with Crippen molar-refractivity contribution in [1.82, 2.24) is 0 Å². The van der Waals surface area contributed by atoms with E-state index >= 15 is 0 Å². The van der Waals surface area contributed by atoms with E-state index in [0.29, 0.717) is 11.3 Å². The van der Waals surface area contributed by atoms with Crippen LogP contribution in [0.15, 0.2) is 42.5 Å². The van der Waals surface area contributed by atoms with Gasteiger partial charge in [-0.2, -0.15) is 0 Å². The Kier molecular flexibility index (Phi) is 5.73. The van der Waals surface area contributed by atoms with Crippen LogP contribution in [0.4, 0.5) is 11.4 Å². The van der Waals surface area contributed by atoms with Crippen LogP contribution in [0, 0.1) is 13.8 Å². The fourth-order valence-corrected chi connectivity index (χ4v) is 2.27. The molecule has 2 rings (SSSR count). The minimum absolute atomic E-state index is 0.171.